The van der Waals surface area contributed by atoms with Crippen molar-refractivity contribution in [1.29, 1.82) is 0 Å². The quantitative estimate of drug-likeness (QED) is 0.0941. The summed E-state index contributed by atoms with van der Waals surface area (Å²) in [6.07, 6.45) is -0.356. The van der Waals surface area contributed by atoms with E-state index < -0.39 is 44.3 Å². The largest absolute Gasteiger partial charge is 0.326 e. The lowest BCUT2D eigenvalue weighted by atomic mass is 10.0. The molecule has 1 aliphatic rings. The molecule has 1 aliphatic carbocycles. The summed E-state index contributed by atoms with van der Waals surface area (Å²) in [6, 6.07) is 10.1. The number of hydrogen-bond donors (Lipinski definition) is 1. The first-order chi connectivity index (χ1) is 17.3. The maximum Gasteiger partial charge on any atom is 0.272 e. The van der Waals surface area contributed by atoms with E-state index in [0.717, 1.165) is 18.2 Å². The number of nitro benzene ring substituents is 1. The average molecular weight is 625 g/mol. The standard InChI is InChI=1S/C24H13Cl6FN2O4/c25-16-2-1-13(9-15(16)19(34)5-10-3-12(31)8-14(4-10)33(36)37)32-23(35)21-20(24(21,29)30)11-6-17(26)22(28)18(27)7-11/h1-4,6-9,20-21H,5H2,(H,32,35)/t20-,21+/m0/s1. The summed E-state index contributed by atoms with van der Waals surface area (Å²) in [6.45, 7) is 0. The van der Waals surface area contributed by atoms with Crippen LogP contribution in [0.1, 0.15) is 27.4 Å². The van der Waals surface area contributed by atoms with Gasteiger partial charge in [0.1, 0.15) is 10.2 Å². The molecule has 1 saturated carbocycles. The Kier molecular flexibility index (Phi) is 7.96. The average Bonchev–Trinajstić information content (AvgIpc) is 3.39. The molecule has 0 saturated heterocycles. The molecule has 6 nitrogen and oxygen atoms in total. The van der Waals surface area contributed by atoms with E-state index >= 15 is 0 Å². The number of Topliss-reactive ketones (excluding diaryl/α,β-unsaturated/α-hetero) is 1. The zero-order valence-corrected chi connectivity index (χ0v) is 22.7. The zero-order valence-electron chi connectivity index (χ0n) is 18.2. The Morgan fingerprint density at radius 3 is 2.24 bits per heavy atom. The normalized spacial score (nSPS) is 17.8. The third-order valence-electron chi connectivity index (χ3n) is 5.75. The monoisotopic (exact) mass is 622 g/mol. The van der Waals surface area contributed by atoms with E-state index in [1.165, 1.54) is 30.3 Å². The van der Waals surface area contributed by atoms with Crippen molar-refractivity contribution in [3.63, 3.8) is 0 Å². The Hall–Kier alpha value is -2.13. The lowest BCUT2D eigenvalue weighted by molar-refractivity contribution is -0.385. The minimum Gasteiger partial charge on any atom is -0.326 e. The van der Waals surface area contributed by atoms with Gasteiger partial charge in [-0.05, 0) is 47.5 Å². The molecule has 37 heavy (non-hydrogen) atoms. The van der Waals surface area contributed by atoms with Gasteiger partial charge in [-0.15, -0.1) is 23.2 Å². The Morgan fingerprint density at radius 1 is 0.973 bits per heavy atom. The smallest absolute Gasteiger partial charge is 0.272 e. The number of benzene rings is 3. The highest BCUT2D eigenvalue weighted by molar-refractivity contribution is 6.54. The summed E-state index contributed by atoms with van der Waals surface area (Å²) < 4.78 is 12.3. The number of carbonyl (C=O) groups is 2. The van der Waals surface area contributed by atoms with Crippen LogP contribution in [0.15, 0.2) is 48.5 Å². The summed E-state index contributed by atoms with van der Waals surface area (Å²) in [5.41, 5.74) is 0.392. The minimum atomic E-state index is -1.44. The van der Waals surface area contributed by atoms with Crippen LogP contribution >= 0.6 is 69.6 Å². The fourth-order valence-corrected chi connectivity index (χ4v) is 5.64. The molecular formula is C24H13Cl6FN2O4. The van der Waals surface area contributed by atoms with Crippen molar-refractivity contribution in [2.24, 2.45) is 5.92 Å². The summed E-state index contributed by atoms with van der Waals surface area (Å²) in [4.78, 5) is 36.1. The number of hydrogen-bond acceptors (Lipinski definition) is 4. The molecule has 1 fully saturated rings. The molecule has 3 aromatic rings. The maximum atomic E-state index is 13.8. The number of anilines is 1. The first kappa shape index (κ1) is 27.9. The van der Waals surface area contributed by atoms with Gasteiger partial charge in [0.2, 0.25) is 5.91 Å². The number of carbonyl (C=O) groups excluding carboxylic acids is 2. The van der Waals surface area contributed by atoms with Crippen LogP contribution in [0.3, 0.4) is 0 Å². The zero-order chi connectivity index (χ0) is 27.2. The molecule has 13 heteroatoms. The number of nitrogens with one attached hydrogen (secondary N) is 1. The van der Waals surface area contributed by atoms with Crippen molar-refractivity contribution in [2.75, 3.05) is 5.32 Å². The predicted octanol–water partition coefficient (Wildman–Crippen LogP) is 8.30. The molecule has 1 amide bonds. The lowest BCUT2D eigenvalue weighted by Crippen LogP contribution is -2.17. The number of rotatable bonds is 7. The molecule has 0 aliphatic heterocycles. The van der Waals surface area contributed by atoms with Gasteiger partial charge < -0.3 is 5.32 Å². The van der Waals surface area contributed by atoms with E-state index in [-0.39, 0.29) is 43.3 Å². The molecule has 2 atom stereocenters. The maximum absolute atomic E-state index is 13.8. The number of halogens is 7. The Morgan fingerprint density at radius 2 is 1.62 bits per heavy atom. The highest BCUT2D eigenvalue weighted by Crippen LogP contribution is 2.65. The molecular weight excluding hydrogens is 612 g/mol. The van der Waals surface area contributed by atoms with E-state index in [4.69, 9.17) is 69.6 Å². The summed E-state index contributed by atoms with van der Waals surface area (Å²) >= 11 is 37.1. The molecule has 4 rings (SSSR count). The fraction of sp³-hybridized carbons (Fsp3) is 0.167. The molecule has 0 radical (unpaired) electrons. The van der Waals surface area contributed by atoms with Crippen LogP contribution in [0.2, 0.25) is 20.1 Å². The number of ketones is 1. The van der Waals surface area contributed by atoms with Crippen molar-refractivity contribution in [2.45, 2.75) is 16.7 Å². The molecule has 3 aromatic carbocycles. The minimum absolute atomic E-state index is 0.0259. The highest BCUT2D eigenvalue weighted by Gasteiger charge is 2.67. The second-order valence-corrected chi connectivity index (χ2v) is 11.3. The van der Waals surface area contributed by atoms with Crippen molar-refractivity contribution in [1.82, 2.24) is 0 Å². The molecule has 1 N–H and O–H groups in total. The van der Waals surface area contributed by atoms with Crippen LogP contribution in [0, 0.1) is 21.8 Å². The molecule has 0 aromatic heterocycles. The lowest BCUT2D eigenvalue weighted by Gasteiger charge is -2.10. The SMILES string of the molecule is O=C(Cc1cc(F)cc([N+](=O)[O-])c1)c1cc(NC(=O)[C@H]2[C@H](c3cc(Cl)c(Cl)c(Cl)c3)C2(Cl)Cl)ccc1Cl. The Balaban J connectivity index is 1.53. The second-order valence-electron chi connectivity index (χ2n) is 8.29. The van der Waals surface area contributed by atoms with Crippen molar-refractivity contribution >= 4 is 92.7 Å². The number of nitrogens with zero attached hydrogens (tertiary/aromatic N) is 1. The van der Waals surface area contributed by atoms with Gasteiger partial charge in [-0.1, -0.05) is 46.4 Å². The van der Waals surface area contributed by atoms with E-state index in [9.17, 15) is 24.1 Å². The van der Waals surface area contributed by atoms with Crippen molar-refractivity contribution < 1.29 is 18.9 Å². The van der Waals surface area contributed by atoms with Crippen molar-refractivity contribution in [3.8, 4) is 0 Å². The van der Waals surface area contributed by atoms with E-state index in [1.807, 2.05) is 0 Å². The molecule has 0 spiro atoms. The van der Waals surface area contributed by atoms with E-state index in [1.54, 1.807) is 0 Å². The number of amides is 1. The van der Waals surface area contributed by atoms with Crippen molar-refractivity contribution in [3.05, 3.63) is 101 Å². The van der Waals surface area contributed by atoms with Gasteiger partial charge in [0.15, 0.2) is 5.78 Å². The number of alkyl halides is 2. The van der Waals surface area contributed by atoms with Crippen LogP contribution in [0.4, 0.5) is 15.8 Å². The van der Waals surface area contributed by atoms with Gasteiger partial charge >= 0.3 is 0 Å². The number of non-ortho nitro benzene ring substituents is 1. The third kappa shape index (κ3) is 5.82. The van der Waals surface area contributed by atoms with Crippen LogP contribution in [-0.2, 0) is 11.2 Å². The van der Waals surface area contributed by atoms with Gasteiger partial charge in [0, 0.05) is 29.7 Å². The molecule has 0 unspecified atom stereocenters. The summed E-state index contributed by atoms with van der Waals surface area (Å²) in [5, 5.41) is 14.3. The molecule has 0 bridgehead atoms. The van der Waals surface area contributed by atoms with Gasteiger partial charge in [-0.3, -0.25) is 19.7 Å². The summed E-state index contributed by atoms with van der Waals surface area (Å²) in [5.74, 6) is -3.41. The van der Waals surface area contributed by atoms with Crippen LogP contribution in [0.25, 0.3) is 0 Å². The predicted molar refractivity (Wildman–Crippen MR) is 143 cm³/mol. The van der Waals surface area contributed by atoms with Crippen LogP contribution in [-0.4, -0.2) is 20.9 Å². The first-order valence-corrected chi connectivity index (χ1v) is 12.7. The summed E-state index contributed by atoms with van der Waals surface area (Å²) in [7, 11) is 0. The molecule has 192 valence electrons. The van der Waals surface area contributed by atoms with E-state index in [0.29, 0.717) is 5.56 Å². The van der Waals surface area contributed by atoms with Gasteiger partial charge in [0.25, 0.3) is 5.69 Å². The number of nitro groups is 1. The highest BCUT2D eigenvalue weighted by atomic mass is 35.5. The van der Waals surface area contributed by atoms with Crippen LogP contribution < -0.4 is 5.32 Å². The fourth-order valence-electron chi connectivity index (χ4n) is 3.98. The Bertz CT molecular complexity index is 1440. The third-order valence-corrected chi connectivity index (χ3v) is 8.22. The second kappa shape index (κ2) is 10.6. The Labute approximate surface area is 239 Å². The van der Waals surface area contributed by atoms with Gasteiger partial charge in [-0.25, -0.2) is 4.39 Å². The molecule has 0 heterocycles. The first-order valence-electron chi connectivity index (χ1n) is 10.4. The van der Waals surface area contributed by atoms with Gasteiger partial charge in [-0.2, -0.15) is 0 Å². The van der Waals surface area contributed by atoms with Gasteiger partial charge in [0.05, 0.1) is 37.0 Å². The van der Waals surface area contributed by atoms with Crippen LogP contribution in [0.5, 0.6) is 0 Å². The van der Waals surface area contributed by atoms with E-state index in [2.05, 4.69) is 5.32 Å². The topological polar surface area (TPSA) is 89.3 Å².